The predicted molar refractivity (Wildman–Crippen MR) is 119 cm³/mol. The monoisotopic (exact) mass is 467 g/mol. The average Bonchev–Trinajstić information content (AvgIpc) is 3.16. The van der Waals surface area contributed by atoms with Gasteiger partial charge in [0.25, 0.3) is 0 Å². The molecule has 3 rings (SSSR count). The summed E-state index contributed by atoms with van der Waals surface area (Å²) >= 11 is 18.9. The fraction of sp³-hybridized carbons (Fsp3) is 0.250. The van der Waals surface area contributed by atoms with Crippen LogP contribution in [0, 0.1) is 0 Å². The van der Waals surface area contributed by atoms with E-state index >= 15 is 0 Å². The van der Waals surface area contributed by atoms with Gasteiger partial charge in [-0.2, -0.15) is 0 Å². The van der Waals surface area contributed by atoms with Crippen molar-refractivity contribution in [3.63, 3.8) is 0 Å². The summed E-state index contributed by atoms with van der Waals surface area (Å²) in [4.78, 5) is 0. The number of anilines is 1. The van der Waals surface area contributed by atoms with E-state index in [1.807, 2.05) is 13.0 Å². The summed E-state index contributed by atoms with van der Waals surface area (Å²) in [6, 6.07) is 8.84. The molecule has 0 saturated heterocycles. The van der Waals surface area contributed by atoms with Crippen molar-refractivity contribution in [3.8, 4) is 11.5 Å². The fourth-order valence-electron chi connectivity index (χ4n) is 2.66. The van der Waals surface area contributed by atoms with Gasteiger partial charge in [0, 0.05) is 33.2 Å². The summed E-state index contributed by atoms with van der Waals surface area (Å²) in [7, 11) is 0. The van der Waals surface area contributed by atoms with E-state index < -0.39 is 0 Å². The molecule has 7 nitrogen and oxygen atoms in total. The summed E-state index contributed by atoms with van der Waals surface area (Å²) in [6.07, 6.45) is 1.71. The highest BCUT2D eigenvalue weighted by molar-refractivity contribution is 6.36. The molecule has 10 heteroatoms. The summed E-state index contributed by atoms with van der Waals surface area (Å²) in [5.74, 6) is 1.57. The van der Waals surface area contributed by atoms with Gasteiger partial charge in [0.05, 0.1) is 13.2 Å². The van der Waals surface area contributed by atoms with Crippen molar-refractivity contribution in [2.75, 3.05) is 11.9 Å². The van der Waals surface area contributed by atoms with Crippen LogP contribution in [-0.4, -0.2) is 26.8 Å². The molecule has 0 aliphatic heterocycles. The molecule has 30 heavy (non-hydrogen) atoms. The van der Waals surface area contributed by atoms with E-state index in [4.69, 9.17) is 44.3 Å². The number of benzene rings is 2. The molecule has 0 radical (unpaired) electrons. The number of hydrogen-bond acceptors (Lipinski definition) is 6. The Morgan fingerprint density at radius 2 is 1.83 bits per heavy atom. The zero-order chi connectivity index (χ0) is 21.5. The predicted octanol–water partition coefficient (Wildman–Crippen LogP) is 5.41. The molecule has 3 aromatic rings. The second-order valence-electron chi connectivity index (χ2n) is 6.14. The highest BCUT2D eigenvalue weighted by Crippen LogP contribution is 2.35. The van der Waals surface area contributed by atoms with Gasteiger partial charge < -0.3 is 14.8 Å². The lowest BCUT2D eigenvalue weighted by molar-refractivity contribution is 0.269. The topological polar surface area (TPSA) is 74.1 Å². The van der Waals surface area contributed by atoms with Gasteiger partial charge >= 0.3 is 0 Å². The van der Waals surface area contributed by atoms with Crippen LogP contribution in [-0.2, 0) is 19.7 Å². The molecule has 0 atom stereocenters. The Balaban J connectivity index is 1.78. The first kappa shape index (κ1) is 22.2. The highest BCUT2D eigenvalue weighted by Gasteiger charge is 2.14. The molecule has 0 saturated carbocycles. The molecule has 0 fully saturated rings. The molecule has 0 aliphatic rings. The van der Waals surface area contributed by atoms with Crippen molar-refractivity contribution in [2.45, 2.75) is 26.6 Å². The van der Waals surface area contributed by atoms with Crippen LogP contribution in [0.1, 0.15) is 18.1 Å². The van der Waals surface area contributed by atoms with Crippen LogP contribution in [0.3, 0.4) is 0 Å². The molecular formula is C20H20Cl3N5O2. The van der Waals surface area contributed by atoms with Crippen LogP contribution >= 0.6 is 34.8 Å². The van der Waals surface area contributed by atoms with Crippen molar-refractivity contribution in [3.05, 3.63) is 69.2 Å². The van der Waals surface area contributed by atoms with E-state index in [1.165, 1.54) is 0 Å². The third kappa shape index (κ3) is 5.36. The number of aromatic nitrogens is 4. The van der Waals surface area contributed by atoms with Crippen LogP contribution < -0.4 is 14.8 Å². The lowest BCUT2D eigenvalue weighted by Gasteiger charge is -2.16. The lowest BCUT2D eigenvalue weighted by Crippen LogP contribution is -2.09. The zero-order valence-electron chi connectivity index (χ0n) is 16.2. The molecule has 1 heterocycles. The second kappa shape index (κ2) is 10.5. The van der Waals surface area contributed by atoms with Crippen LogP contribution in [0.2, 0.25) is 15.1 Å². The Labute approximate surface area is 189 Å². The Morgan fingerprint density at radius 3 is 2.53 bits per heavy atom. The number of rotatable bonds is 10. The Bertz CT molecular complexity index is 1010. The first-order chi connectivity index (χ1) is 14.5. The van der Waals surface area contributed by atoms with E-state index in [9.17, 15) is 0 Å². The van der Waals surface area contributed by atoms with Crippen LogP contribution in [0.25, 0.3) is 0 Å². The number of hydrogen-bond donors (Lipinski definition) is 1. The molecule has 2 aromatic carbocycles. The zero-order valence-corrected chi connectivity index (χ0v) is 18.5. The smallest absolute Gasteiger partial charge is 0.243 e. The number of halogens is 3. The maximum absolute atomic E-state index is 6.48. The van der Waals surface area contributed by atoms with Crippen molar-refractivity contribution in [1.29, 1.82) is 0 Å². The Hall–Kier alpha value is -2.48. The normalized spacial score (nSPS) is 10.7. The Morgan fingerprint density at radius 1 is 1.10 bits per heavy atom. The average molecular weight is 469 g/mol. The van der Waals surface area contributed by atoms with Gasteiger partial charge in [-0.3, -0.25) is 0 Å². The van der Waals surface area contributed by atoms with E-state index in [-0.39, 0.29) is 6.61 Å². The van der Waals surface area contributed by atoms with Gasteiger partial charge in [-0.25, -0.2) is 4.68 Å². The molecule has 0 aliphatic carbocycles. The van der Waals surface area contributed by atoms with Crippen molar-refractivity contribution >= 4 is 40.8 Å². The van der Waals surface area contributed by atoms with Crippen LogP contribution in [0.5, 0.6) is 11.5 Å². The summed E-state index contributed by atoms with van der Waals surface area (Å²) in [5.41, 5.74) is 1.50. The molecule has 0 spiro atoms. The van der Waals surface area contributed by atoms with Crippen molar-refractivity contribution in [2.24, 2.45) is 0 Å². The number of tetrazole rings is 1. The molecule has 1 N–H and O–H groups in total. The molecule has 1 aromatic heterocycles. The number of nitrogens with one attached hydrogen (secondary N) is 1. The molecular weight excluding hydrogens is 449 g/mol. The maximum atomic E-state index is 6.48. The first-order valence-corrected chi connectivity index (χ1v) is 10.3. The summed E-state index contributed by atoms with van der Waals surface area (Å²) in [6.45, 7) is 7.12. The van der Waals surface area contributed by atoms with Gasteiger partial charge in [0.2, 0.25) is 5.95 Å². The van der Waals surface area contributed by atoms with E-state index in [2.05, 4.69) is 27.4 Å². The summed E-state index contributed by atoms with van der Waals surface area (Å²) in [5, 5.41) is 16.2. The van der Waals surface area contributed by atoms with Crippen LogP contribution in [0.15, 0.2) is 43.0 Å². The van der Waals surface area contributed by atoms with E-state index in [1.54, 1.807) is 35.0 Å². The largest absolute Gasteiger partial charge is 0.490 e. The summed E-state index contributed by atoms with van der Waals surface area (Å²) < 4.78 is 13.3. The molecule has 0 unspecified atom stereocenters. The third-order valence-electron chi connectivity index (χ3n) is 4.12. The minimum absolute atomic E-state index is 0.183. The van der Waals surface area contributed by atoms with Gasteiger partial charge in [-0.15, -0.1) is 6.58 Å². The molecule has 0 bridgehead atoms. The molecule has 0 amide bonds. The fourth-order valence-corrected chi connectivity index (χ4v) is 3.39. The van der Waals surface area contributed by atoms with Gasteiger partial charge in [0.1, 0.15) is 6.61 Å². The minimum Gasteiger partial charge on any atom is -0.490 e. The number of allylic oxidation sites excluding steroid dienone is 1. The maximum Gasteiger partial charge on any atom is 0.243 e. The number of nitrogens with zero attached hydrogens (tertiary/aromatic N) is 4. The van der Waals surface area contributed by atoms with E-state index in [0.717, 1.165) is 5.56 Å². The number of ether oxygens (including phenoxy) is 2. The Kier molecular flexibility index (Phi) is 7.79. The van der Waals surface area contributed by atoms with Gasteiger partial charge in [-0.05, 0) is 41.1 Å². The lowest BCUT2D eigenvalue weighted by atomic mass is 10.2. The van der Waals surface area contributed by atoms with E-state index in [0.29, 0.717) is 57.8 Å². The second-order valence-corrected chi connectivity index (χ2v) is 7.36. The third-order valence-corrected chi connectivity index (χ3v) is 5.18. The van der Waals surface area contributed by atoms with Crippen molar-refractivity contribution < 1.29 is 9.47 Å². The standard InChI is InChI=1S/C20H20Cl3N5O2/c1-3-8-28-20(25-26-27-28)24-11-13-9-18(29-4-2)19(10-17(13)23)30-12-14-15(21)6-5-7-16(14)22/h3,5-7,9-10H,1,4,8,11-12H2,2H3,(H,24,25,27). The first-order valence-electron chi connectivity index (χ1n) is 9.15. The van der Waals surface area contributed by atoms with Gasteiger partial charge in [0.15, 0.2) is 11.5 Å². The minimum atomic E-state index is 0.183. The van der Waals surface area contributed by atoms with Crippen LogP contribution in [0.4, 0.5) is 5.95 Å². The SMILES string of the molecule is C=CCn1nnnc1NCc1cc(OCC)c(OCc2c(Cl)cccc2Cl)cc1Cl. The quantitative estimate of drug-likeness (QED) is 0.401. The van der Waals surface area contributed by atoms with Crippen molar-refractivity contribution in [1.82, 2.24) is 20.2 Å². The van der Waals surface area contributed by atoms with Gasteiger partial charge in [-0.1, -0.05) is 52.0 Å². The highest BCUT2D eigenvalue weighted by atomic mass is 35.5. The molecule has 158 valence electrons.